The highest BCUT2D eigenvalue weighted by atomic mass is 16.5. The van der Waals surface area contributed by atoms with Gasteiger partial charge in [-0.15, -0.1) is 0 Å². The third-order valence-corrected chi connectivity index (χ3v) is 5.86. The van der Waals surface area contributed by atoms with Crippen LogP contribution in [0.5, 0.6) is 0 Å². The molecule has 0 atom stereocenters. The minimum Gasteiger partial charge on any atom is -0.379 e. The van der Waals surface area contributed by atoms with Crippen LogP contribution >= 0.6 is 0 Å². The number of imidazole rings is 1. The number of benzene rings is 2. The maximum absolute atomic E-state index is 12.7. The van der Waals surface area contributed by atoms with E-state index in [0.29, 0.717) is 11.9 Å². The summed E-state index contributed by atoms with van der Waals surface area (Å²) < 4.78 is 7.32. The largest absolute Gasteiger partial charge is 0.379 e. The molecule has 1 amide bonds. The van der Waals surface area contributed by atoms with Crippen molar-refractivity contribution < 1.29 is 9.53 Å². The number of amides is 1. The van der Waals surface area contributed by atoms with Gasteiger partial charge in [-0.2, -0.15) is 0 Å². The molecular formula is C26H33N5O2. The van der Waals surface area contributed by atoms with Crippen LogP contribution in [0.4, 0.5) is 5.95 Å². The molecule has 0 unspecified atom stereocenters. The van der Waals surface area contributed by atoms with E-state index in [9.17, 15) is 4.79 Å². The zero-order valence-electron chi connectivity index (χ0n) is 19.5. The molecule has 2 heterocycles. The maximum atomic E-state index is 12.7. The quantitative estimate of drug-likeness (QED) is 0.491. The predicted molar refractivity (Wildman–Crippen MR) is 132 cm³/mol. The van der Waals surface area contributed by atoms with Gasteiger partial charge in [-0.3, -0.25) is 19.6 Å². The molecule has 1 aliphatic rings. The van der Waals surface area contributed by atoms with E-state index < -0.39 is 0 Å². The van der Waals surface area contributed by atoms with Crippen LogP contribution in [0.25, 0.3) is 16.9 Å². The van der Waals surface area contributed by atoms with Crippen LogP contribution in [0.1, 0.15) is 25.3 Å². The van der Waals surface area contributed by atoms with Crippen molar-refractivity contribution in [2.75, 3.05) is 51.3 Å². The SMILES string of the molecule is CC(C)c1ccc(-n2cc(-c3ccccc3)nc2NC(=O)CNCCN2CCOCC2)cc1. The lowest BCUT2D eigenvalue weighted by Gasteiger charge is -2.26. The van der Waals surface area contributed by atoms with Gasteiger partial charge in [-0.05, 0) is 23.6 Å². The van der Waals surface area contributed by atoms with Crippen molar-refractivity contribution in [3.05, 3.63) is 66.4 Å². The Morgan fingerprint density at radius 1 is 1.06 bits per heavy atom. The molecule has 2 N–H and O–H groups in total. The van der Waals surface area contributed by atoms with Gasteiger partial charge in [-0.1, -0.05) is 56.3 Å². The molecule has 4 rings (SSSR count). The molecule has 33 heavy (non-hydrogen) atoms. The molecular weight excluding hydrogens is 414 g/mol. The minimum absolute atomic E-state index is 0.109. The molecule has 174 valence electrons. The number of nitrogens with one attached hydrogen (secondary N) is 2. The summed E-state index contributed by atoms with van der Waals surface area (Å²) in [5.74, 6) is 0.873. The van der Waals surface area contributed by atoms with E-state index in [1.54, 1.807) is 0 Å². The fourth-order valence-electron chi connectivity index (χ4n) is 3.87. The van der Waals surface area contributed by atoms with Crippen LogP contribution in [0, 0.1) is 0 Å². The van der Waals surface area contributed by atoms with E-state index in [0.717, 1.165) is 56.3 Å². The Bertz CT molecular complexity index is 1020. The number of anilines is 1. The van der Waals surface area contributed by atoms with Crippen LogP contribution in [0.3, 0.4) is 0 Å². The van der Waals surface area contributed by atoms with Crippen molar-refractivity contribution in [1.29, 1.82) is 0 Å². The zero-order chi connectivity index (χ0) is 23.0. The number of hydrogen-bond donors (Lipinski definition) is 2. The van der Waals surface area contributed by atoms with Gasteiger partial charge in [0.1, 0.15) is 0 Å². The van der Waals surface area contributed by atoms with Crippen molar-refractivity contribution in [3.8, 4) is 16.9 Å². The molecule has 0 saturated carbocycles. The molecule has 1 aromatic heterocycles. The van der Waals surface area contributed by atoms with Crippen molar-refractivity contribution in [2.24, 2.45) is 0 Å². The first-order valence-corrected chi connectivity index (χ1v) is 11.7. The topological polar surface area (TPSA) is 71.4 Å². The number of carbonyl (C=O) groups excluding carboxylic acids is 1. The number of rotatable bonds is 9. The Hall–Kier alpha value is -3.00. The number of hydrogen-bond acceptors (Lipinski definition) is 5. The Labute approximate surface area is 195 Å². The number of morpholine rings is 1. The summed E-state index contributed by atoms with van der Waals surface area (Å²) in [5, 5.41) is 6.23. The molecule has 0 spiro atoms. The molecule has 1 fully saturated rings. The third-order valence-electron chi connectivity index (χ3n) is 5.86. The minimum atomic E-state index is -0.109. The number of carbonyl (C=O) groups is 1. The fourth-order valence-corrected chi connectivity index (χ4v) is 3.87. The molecule has 1 aliphatic heterocycles. The number of nitrogens with zero attached hydrogens (tertiary/aromatic N) is 3. The first-order valence-electron chi connectivity index (χ1n) is 11.7. The first-order chi connectivity index (χ1) is 16.1. The van der Waals surface area contributed by atoms with Gasteiger partial charge >= 0.3 is 0 Å². The van der Waals surface area contributed by atoms with Crippen LogP contribution in [0.2, 0.25) is 0 Å². The molecule has 2 aromatic carbocycles. The molecule has 3 aromatic rings. The summed E-state index contributed by atoms with van der Waals surface area (Å²) in [5.41, 5.74) is 4.06. The average molecular weight is 448 g/mol. The van der Waals surface area contributed by atoms with Crippen molar-refractivity contribution in [1.82, 2.24) is 19.8 Å². The van der Waals surface area contributed by atoms with Gasteiger partial charge < -0.3 is 10.1 Å². The fraction of sp³-hybridized carbons (Fsp3) is 0.385. The Kier molecular flexibility index (Phi) is 7.88. The van der Waals surface area contributed by atoms with E-state index >= 15 is 0 Å². The smallest absolute Gasteiger partial charge is 0.240 e. The Morgan fingerprint density at radius 3 is 2.48 bits per heavy atom. The van der Waals surface area contributed by atoms with Crippen molar-refractivity contribution >= 4 is 11.9 Å². The predicted octanol–water partition coefficient (Wildman–Crippen LogP) is 3.52. The first kappa shape index (κ1) is 23.2. The summed E-state index contributed by atoms with van der Waals surface area (Å²) in [6, 6.07) is 18.4. The van der Waals surface area contributed by atoms with E-state index in [1.807, 2.05) is 41.1 Å². The van der Waals surface area contributed by atoms with E-state index in [2.05, 4.69) is 53.6 Å². The summed E-state index contributed by atoms with van der Waals surface area (Å²) in [4.78, 5) is 19.8. The van der Waals surface area contributed by atoms with Crippen LogP contribution in [-0.2, 0) is 9.53 Å². The van der Waals surface area contributed by atoms with Gasteiger partial charge in [0, 0.05) is 43.6 Å². The molecule has 1 saturated heterocycles. The van der Waals surface area contributed by atoms with Gasteiger partial charge in [-0.25, -0.2) is 4.98 Å². The summed E-state index contributed by atoms with van der Waals surface area (Å²) in [6.45, 7) is 9.72. The molecule has 0 radical (unpaired) electrons. The van der Waals surface area contributed by atoms with E-state index in [-0.39, 0.29) is 12.5 Å². The number of aromatic nitrogens is 2. The van der Waals surface area contributed by atoms with Crippen molar-refractivity contribution in [3.63, 3.8) is 0 Å². The van der Waals surface area contributed by atoms with Gasteiger partial charge in [0.05, 0.1) is 25.5 Å². The lowest BCUT2D eigenvalue weighted by atomic mass is 10.0. The van der Waals surface area contributed by atoms with E-state index in [4.69, 9.17) is 9.72 Å². The molecule has 0 aliphatic carbocycles. The summed E-state index contributed by atoms with van der Waals surface area (Å²) in [7, 11) is 0. The monoisotopic (exact) mass is 447 g/mol. The average Bonchev–Trinajstić information content (AvgIpc) is 3.27. The molecule has 0 bridgehead atoms. The second-order valence-corrected chi connectivity index (χ2v) is 8.61. The van der Waals surface area contributed by atoms with Gasteiger partial charge in [0.25, 0.3) is 0 Å². The van der Waals surface area contributed by atoms with E-state index in [1.165, 1.54) is 5.56 Å². The highest BCUT2D eigenvalue weighted by Crippen LogP contribution is 2.25. The van der Waals surface area contributed by atoms with Gasteiger partial charge in [0.2, 0.25) is 11.9 Å². The summed E-state index contributed by atoms with van der Waals surface area (Å²) >= 11 is 0. The highest BCUT2D eigenvalue weighted by molar-refractivity contribution is 5.91. The van der Waals surface area contributed by atoms with Crippen LogP contribution in [0.15, 0.2) is 60.8 Å². The second-order valence-electron chi connectivity index (χ2n) is 8.61. The third kappa shape index (κ3) is 6.28. The standard InChI is InChI=1S/C26H33N5O2/c1-20(2)21-8-10-23(11-9-21)31-19-24(22-6-4-3-5-7-22)28-26(31)29-25(32)18-27-12-13-30-14-16-33-17-15-30/h3-11,19-20,27H,12-18H2,1-2H3,(H,28,29,32). The molecule has 7 nitrogen and oxygen atoms in total. The number of ether oxygens (including phenoxy) is 1. The van der Waals surface area contributed by atoms with Crippen molar-refractivity contribution in [2.45, 2.75) is 19.8 Å². The summed E-state index contributed by atoms with van der Waals surface area (Å²) in [6.07, 6.45) is 1.97. The lowest BCUT2D eigenvalue weighted by Crippen LogP contribution is -2.41. The zero-order valence-corrected chi connectivity index (χ0v) is 19.5. The Balaban J connectivity index is 1.45. The Morgan fingerprint density at radius 2 is 1.79 bits per heavy atom. The van der Waals surface area contributed by atoms with Crippen LogP contribution in [-0.4, -0.2) is 66.3 Å². The van der Waals surface area contributed by atoms with Crippen LogP contribution < -0.4 is 10.6 Å². The second kappa shape index (κ2) is 11.2. The lowest BCUT2D eigenvalue weighted by molar-refractivity contribution is -0.115. The van der Waals surface area contributed by atoms with Gasteiger partial charge in [0.15, 0.2) is 0 Å². The normalized spacial score (nSPS) is 14.5. The maximum Gasteiger partial charge on any atom is 0.240 e. The highest BCUT2D eigenvalue weighted by Gasteiger charge is 2.15. The molecule has 7 heteroatoms.